The zero-order chi connectivity index (χ0) is 21.7. The van der Waals surface area contributed by atoms with Crippen LogP contribution in [0.2, 0.25) is 0 Å². The van der Waals surface area contributed by atoms with Gasteiger partial charge in [0.05, 0.1) is 13.2 Å². The second kappa shape index (κ2) is 9.62. The first kappa shape index (κ1) is 22.3. The molecular formula is C23H30N2O4S. The molecule has 0 aliphatic heterocycles. The van der Waals surface area contributed by atoms with E-state index in [1.54, 1.807) is 6.07 Å². The molecule has 1 aliphatic carbocycles. The van der Waals surface area contributed by atoms with Crippen molar-refractivity contribution in [2.45, 2.75) is 62.9 Å². The fraction of sp³-hybridized carbons (Fsp3) is 0.435. The number of nitrogens with one attached hydrogen (secondary N) is 2. The van der Waals surface area contributed by atoms with Gasteiger partial charge in [-0.2, -0.15) is 0 Å². The molecule has 0 aromatic heterocycles. The summed E-state index contributed by atoms with van der Waals surface area (Å²) in [6.45, 7) is 4.02. The van der Waals surface area contributed by atoms with Crippen molar-refractivity contribution in [2.24, 2.45) is 0 Å². The largest absolute Gasteiger partial charge is 0.495 e. The van der Waals surface area contributed by atoms with Gasteiger partial charge < -0.3 is 10.1 Å². The van der Waals surface area contributed by atoms with Crippen molar-refractivity contribution in [2.75, 3.05) is 7.11 Å². The van der Waals surface area contributed by atoms with Gasteiger partial charge in [-0.25, -0.2) is 13.1 Å². The average Bonchev–Trinajstić information content (AvgIpc) is 3.24. The third kappa shape index (κ3) is 5.21. The Morgan fingerprint density at radius 2 is 1.80 bits per heavy atom. The molecule has 0 heterocycles. The van der Waals surface area contributed by atoms with Crippen LogP contribution in [0.3, 0.4) is 0 Å². The molecule has 1 fully saturated rings. The molecule has 1 amide bonds. The minimum absolute atomic E-state index is 0.00654. The first-order valence-corrected chi connectivity index (χ1v) is 11.9. The van der Waals surface area contributed by atoms with E-state index in [0.717, 1.165) is 43.2 Å². The predicted molar refractivity (Wildman–Crippen MR) is 117 cm³/mol. The number of ether oxygens (including phenoxy) is 1. The Balaban J connectivity index is 1.84. The Morgan fingerprint density at radius 3 is 2.40 bits per heavy atom. The maximum atomic E-state index is 13.0. The Labute approximate surface area is 179 Å². The van der Waals surface area contributed by atoms with Gasteiger partial charge in [0.15, 0.2) is 0 Å². The van der Waals surface area contributed by atoms with E-state index in [1.165, 1.54) is 19.2 Å². The highest BCUT2D eigenvalue weighted by atomic mass is 32.2. The highest BCUT2D eigenvalue weighted by Gasteiger charge is 2.27. The van der Waals surface area contributed by atoms with Gasteiger partial charge in [-0.15, -0.1) is 0 Å². The first-order valence-electron chi connectivity index (χ1n) is 10.4. The number of rotatable bonds is 8. The summed E-state index contributed by atoms with van der Waals surface area (Å²) in [4.78, 5) is 12.9. The molecule has 2 aromatic rings. The van der Waals surface area contributed by atoms with Gasteiger partial charge in [0.25, 0.3) is 5.91 Å². The summed E-state index contributed by atoms with van der Waals surface area (Å²) in [7, 11) is -2.36. The molecule has 0 saturated heterocycles. The molecule has 6 nitrogen and oxygen atoms in total. The van der Waals surface area contributed by atoms with Gasteiger partial charge in [-0.1, -0.05) is 49.6 Å². The highest BCUT2D eigenvalue weighted by molar-refractivity contribution is 7.89. The van der Waals surface area contributed by atoms with Crippen LogP contribution in [0.1, 0.15) is 66.6 Å². The quantitative estimate of drug-likeness (QED) is 0.660. The van der Waals surface area contributed by atoms with Crippen LogP contribution in [-0.2, 0) is 10.0 Å². The number of sulfonamides is 1. The van der Waals surface area contributed by atoms with E-state index in [-0.39, 0.29) is 34.2 Å². The highest BCUT2D eigenvalue weighted by Crippen LogP contribution is 2.28. The van der Waals surface area contributed by atoms with E-state index < -0.39 is 10.0 Å². The SMILES string of the molecule is CCC(NC(=O)c1ccc(OC)c(S(=O)(=O)NC2CCCC2)c1)c1ccc(C)cc1. The number of hydrogen-bond donors (Lipinski definition) is 2. The van der Waals surface area contributed by atoms with Crippen molar-refractivity contribution >= 4 is 15.9 Å². The lowest BCUT2D eigenvalue weighted by molar-refractivity contribution is 0.0935. The van der Waals surface area contributed by atoms with Gasteiger partial charge in [0.1, 0.15) is 10.6 Å². The van der Waals surface area contributed by atoms with Crippen LogP contribution in [0.25, 0.3) is 0 Å². The fourth-order valence-electron chi connectivity index (χ4n) is 3.82. The lowest BCUT2D eigenvalue weighted by Crippen LogP contribution is -2.33. The summed E-state index contributed by atoms with van der Waals surface area (Å²) >= 11 is 0. The van der Waals surface area contributed by atoms with Gasteiger partial charge in [-0.3, -0.25) is 4.79 Å². The monoisotopic (exact) mass is 430 g/mol. The van der Waals surface area contributed by atoms with Crippen LogP contribution in [-0.4, -0.2) is 27.5 Å². The summed E-state index contributed by atoms with van der Waals surface area (Å²) in [5.41, 5.74) is 2.45. The molecule has 2 aromatic carbocycles. The summed E-state index contributed by atoms with van der Waals surface area (Å²) in [6, 6.07) is 12.3. The molecular weight excluding hydrogens is 400 g/mol. The van der Waals surface area contributed by atoms with E-state index >= 15 is 0 Å². The molecule has 2 N–H and O–H groups in total. The van der Waals surface area contributed by atoms with Crippen LogP contribution in [0.15, 0.2) is 47.4 Å². The lowest BCUT2D eigenvalue weighted by atomic mass is 10.0. The molecule has 1 atom stereocenters. The van der Waals surface area contributed by atoms with Gasteiger partial charge >= 0.3 is 0 Å². The molecule has 1 unspecified atom stereocenters. The summed E-state index contributed by atoms with van der Waals surface area (Å²) in [5.74, 6) is -0.0926. The molecule has 162 valence electrons. The van der Waals surface area contributed by atoms with E-state index in [2.05, 4.69) is 10.0 Å². The van der Waals surface area contributed by atoms with Crippen molar-refractivity contribution in [3.05, 3.63) is 59.2 Å². The smallest absolute Gasteiger partial charge is 0.251 e. The van der Waals surface area contributed by atoms with E-state index in [0.29, 0.717) is 0 Å². The number of aryl methyl sites for hydroxylation is 1. The molecule has 0 spiro atoms. The van der Waals surface area contributed by atoms with Crippen LogP contribution < -0.4 is 14.8 Å². The van der Waals surface area contributed by atoms with Gasteiger partial charge in [0, 0.05) is 11.6 Å². The van der Waals surface area contributed by atoms with Crippen molar-refractivity contribution in [3.63, 3.8) is 0 Å². The molecule has 7 heteroatoms. The third-order valence-electron chi connectivity index (χ3n) is 5.59. The number of methoxy groups -OCH3 is 1. The summed E-state index contributed by atoms with van der Waals surface area (Å²) < 4.78 is 33.9. The number of benzene rings is 2. The topological polar surface area (TPSA) is 84.5 Å². The standard InChI is InChI=1S/C23H30N2O4S/c1-4-20(17-11-9-16(2)10-12-17)24-23(26)18-13-14-21(29-3)22(15-18)30(27,28)25-19-7-5-6-8-19/h9-15,19-20,25H,4-8H2,1-3H3,(H,24,26). The number of carbonyl (C=O) groups is 1. The van der Waals surface area contributed by atoms with Crippen LogP contribution >= 0.6 is 0 Å². The Bertz CT molecular complexity index is 981. The zero-order valence-corrected chi connectivity index (χ0v) is 18.6. The maximum absolute atomic E-state index is 13.0. The van der Waals surface area contributed by atoms with Gasteiger partial charge in [0.2, 0.25) is 10.0 Å². The van der Waals surface area contributed by atoms with Crippen LogP contribution in [0, 0.1) is 6.92 Å². The zero-order valence-electron chi connectivity index (χ0n) is 17.8. The van der Waals surface area contributed by atoms with E-state index in [1.807, 2.05) is 38.1 Å². The van der Waals surface area contributed by atoms with Crippen LogP contribution in [0.4, 0.5) is 0 Å². The van der Waals surface area contributed by atoms with E-state index in [9.17, 15) is 13.2 Å². The molecule has 0 bridgehead atoms. The second-order valence-corrected chi connectivity index (χ2v) is 9.50. The summed E-state index contributed by atoms with van der Waals surface area (Å²) in [6.07, 6.45) is 4.42. The number of hydrogen-bond acceptors (Lipinski definition) is 4. The molecule has 3 rings (SSSR count). The second-order valence-electron chi connectivity index (χ2n) is 7.81. The fourth-order valence-corrected chi connectivity index (χ4v) is 5.32. The Hall–Kier alpha value is -2.38. The number of amides is 1. The number of carbonyl (C=O) groups excluding carboxylic acids is 1. The predicted octanol–water partition coefficient (Wildman–Crippen LogP) is 4.11. The van der Waals surface area contributed by atoms with Crippen molar-refractivity contribution in [3.8, 4) is 5.75 Å². The molecule has 0 radical (unpaired) electrons. The molecule has 1 aliphatic rings. The van der Waals surface area contributed by atoms with E-state index in [4.69, 9.17) is 4.74 Å². The average molecular weight is 431 g/mol. The minimum Gasteiger partial charge on any atom is -0.495 e. The van der Waals surface area contributed by atoms with Crippen molar-refractivity contribution in [1.82, 2.24) is 10.0 Å². The maximum Gasteiger partial charge on any atom is 0.251 e. The van der Waals surface area contributed by atoms with Crippen LogP contribution in [0.5, 0.6) is 5.75 Å². The lowest BCUT2D eigenvalue weighted by Gasteiger charge is -2.19. The third-order valence-corrected chi connectivity index (χ3v) is 7.13. The molecule has 1 saturated carbocycles. The normalized spacial score (nSPS) is 15.7. The van der Waals surface area contributed by atoms with Crippen molar-refractivity contribution < 1.29 is 17.9 Å². The minimum atomic E-state index is -3.79. The van der Waals surface area contributed by atoms with Crippen molar-refractivity contribution in [1.29, 1.82) is 0 Å². The Kier molecular flexibility index (Phi) is 7.15. The van der Waals surface area contributed by atoms with Gasteiger partial charge in [-0.05, 0) is 49.9 Å². The summed E-state index contributed by atoms with van der Waals surface area (Å²) in [5, 5.41) is 3.01. The molecule has 30 heavy (non-hydrogen) atoms. The Morgan fingerprint density at radius 1 is 1.13 bits per heavy atom. The first-order chi connectivity index (χ1) is 14.3.